The Balaban J connectivity index is 1.97. The Morgan fingerprint density at radius 2 is 1.92 bits per heavy atom. The van der Waals surface area contributed by atoms with E-state index in [2.05, 4.69) is 17.6 Å². The summed E-state index contributed by atoms with van der Waals surface area (Å²) < 4.78 is 12.2. The first-order valence-corrected chi connectivity index (χ1v) is 8.79. The summed E-state index contributed by atoms with van der Waals surface area (Å²) in [5.74, 6) is -0.471. The molecule has 132 valence electrons. The van der Waals surface area contributed by atoms with E-state index in [1.807, 2.05) is 52.0 Å². The smallest absolute Gasteiger partial charge is 0.478 e. The average molecular weight is 359 g/mol. The Morgan fingerprint density at radius 1 is 1.28 bits per heavy atom. The molecule has 1 aromatic heterocycles. The molecule has 2 heterocycles. The van der Waals surface area contributed by atoms with Crippen LogP contribution in [0, 0.1) is 0 Å². The van der Waals surface area contributed by atoms with Crippen molar-refractivity contribution in [3.05, 3.63) is 41.0 Å². The van der Waals surface area contributed by atoms with E-state index in [4.69, 9.17) is 9.31 Å². The molecular formula is C18H22BNO4S. The van der Waals surface area contributed by atoms with Gasteiger partial charge in [0.15, 0.2) is 0 Å². The Hall–Kier alpha value is -1.70. The van der Waals surface area contributed by atoms with Gasteiger partial charge in [0.2, 0.25) is 0 Å². The molecule has 5 nitrogen and oxygen atoms in total. The molecule has 1 aliphatic rings. The zero-order valence-corrected chi connectivity index (χ0v) is 15.7. The first-order chi connectivity index (χ1) is 11.6. The largest absolute Gasteiger partial charge is 0.491 e. The minimum absolute atomic E-state index is 0.258. The molecule has 7 heteroatoms. The van der Waals surface area contributed by atoms with Crippen LogP contribution in [-0.4, -0.2) is 40.1 Å². The summed E-state index contributed by atoms with van der Waals surface area (Å²) >= 11 is 4.42. The summed E-state index contributed by atoms with van der Waals surface area (Å²) in [6.07, 6.45) is 3.46. The fraction of sp³-hybridized carbons (Fsp3) is 0.389. The standard InChI is InChI=1S/C18H22BNO4S/c1-17(2)18(3,4)24-19(23-17)12(10-25)7-11-5-6-15-13(8-11)14(9-20-15)16(21)22/h5-9,20,25H,10H2,1-4H3,(H,21,22). The number of carbonyl (C=O) groups is 1. The number of thiol groups is 1. The molecule has 1 saturated heterocycles. The van der Waals surface area contributed by atoms with Crippen molar-refractivity contribution in [3.63, 3.8) is 0 Å². The number of benzene rings is 1. The molecule has 0 atom stereocenters. The van der Waals surface area contributed by atoms with E-state index in [0.717, 1.165) is 16.6 Å². The molecule has 0 spiro atoms. The maximum Gasteiger partial charge on any atom is 0.491 e. The van der Waals surface area contributed by atoms with Gasteiger partial charge in [0.1, 0.15) is 0 Å². The monoisotopic (exact) mass is 359 g/mol. The van der Waals surface area contributed by atoms with Gasteiger partial charge >= 0.3 is 13.1 Å². The Labute approximate surface area is 153 Å². The van der Waals surface area contributed by atoms with Gasteiger partial charge in [0.25, 0.3) is 0 Å². The molecule has 0 bridgehead atoms. The normalized spacial score (nSPS) is 19.6. The SMILES string of the molecule is CC1(C)OB(C(=Cc2ccc3[nH]cc(C(=O)O)c3c2)CS)OC1(C)C. The van der Waals surface area contributed by atoms with E-state index in [-0.39, 0.29) is 5.56 Å². The van der Waals surface area contributed by atoms with Crippen molar-refractivity contribution >= 4 is 42.7 Å². The van der Waals surface area contributed by atoms with Crippen LogP contribution in [0.5, 0.6) is 0 Å². The second-order valence-corrected chi connectivity index (χ2v) is 7.59. The summed E-state index contributed by atoms with van der Waals surface area (Å²) in [6.45, 7) is 8.03. The second-order valence-electron chi connectivity index (χ2n) is 7.28. The third kappa shape index (κ3) is 3.24. The molecule has 2 aromatic rings. The van der Waals surface area contributed by atoms with Crippen molar-refractivity contribution in [2.75, 3.05) is 5.75 Å². The molecule has 1 aromatic carbocycles. The fourth-order valence-corrected chi connectivity index (χ4v) is 3.04. The lowest BCUT2D eigenvalue weighted by atomic mass is 9.78. The topological polar surface area (TPSA) is 71.6 Å². The second kappa shape index (κ2) is 6.23. The molecular weight excluding hydrogens is 337 g/mol. The zero-order chi connectivity index (χ0) is 18.4. The molecule has 1 aliphatic heterocycles. The maximum absolute atomic E-state index is 11.3. The number of aromatic carboxylic acids is 1. The summed E-state index contributed by atoms with van der Waals surface area (Å²) in [7, 11) is -0.469. The number of nitrogens with one attached hydrogen (secondary N) is 1. The van der Waals surface area contributed by atoms with Gasteiger partial charge in [-0.2, -0.15) is 12.6 Å². The van der Waals surface area contributed by atoms with Crippen LogP contribution in [0.2, 0.25) is 0 Å². The molecule has 0 unspecified atom stereocenters. The van der Waals surface area contributed by atoms with Crippen molar-refractivity contribution in [2.45, 2.75) is 38.9 Å². The minimum atomic E-state index is -0.951. The van der Waals surface area contributed by atoms with Crippen LogP contribution >= 0.6 is 12.6 Å². The van der Waals surface area contributed by atoms with Crippen LogP contribution in [0.3, 0.4) is 0 Å². The van der Waals surface area contributed by atoms with Gasteiger partial charge in [-0.25, -0.2) is 4.79 Å². The number of carboxylic acid groups (broad SMARTS) is 1. The molecule has 0 radical (unpaired) electrons. The molecule has 1 fully saturated rings. The van der Waals surface area contributed by atoms with Crippen molar-refractivity contribution in [1.82, 2.24) is 4.98 Å². The summed E-state index contributed by atoms with van der Waals surface area (Å²) in [4.78, 5) is 14.3. The van der Waals surface area contributed by atoms with Crippen molar-refractivity contribution < 1.29 is 19.2 Å². The highest BCUT2D eigenvalue weighted by atomic mass is 32.1. The van der Waals surface area contributed by atoms with E-state index in [0.29, 0.717) is 11.1 Å². The Morgan fingerprint density at radius 3 is 2.48 bits per heavy atom. The van der Waals surface area contributed by atoms with Gasteiger partial charge in [-0.05, 0) is 50.9 Å². The van der Waals surface area contributed by atoms with E-state index in [1.165, 1.54) is 6.20 Å². The highest BCUT2D eigenvalue weighted by Crippen LogP contribution is 2.39. The highest BCUT2D eigenvalue weighted by molar-refractivity contribution is 7.80. The van der Waals surface area contributed by atoms with Gasteiger partial charge in [0.05, 0.1) is 16.8 Å². The summed E-state index contributed by atoms with van der Waals surface area (Å²) in [6, 6.07) is 5.65. The molecule has 2 N–H and O–H groups in total. The van der Waals surface area contributed by atoms with Crippen LogP contribution in [0.25, 0.3) is 17.0 Å². The van der Waals surface area contributed by atoms with Crippen molar-refractivity contribution in [2.24, 2.45) is 0 Å². The lowest BCUT2D eigenvalue weighted by Gasteiger charge is -2.32. The molecule has 25 heavy (non-hydrogen) atoms. The van der Waals surface area contributed by atoms with Gasteiger partial charge < -0.3 is 19.4 Å². The Kier molecular flexibility index (Phi) is 4.51. The molecule has 0 aliphatic carbocycles. The number of aromatic nitrogens is 1. The van der Waals surface area contributed by atoms with Gasteiger partial charge in [-0.1, -0.05) is 12.1 Å². The lowest BCUT2D eigenvalue weighted by Crippen LogP contribution is -2.41. The Bertz CT molecular complexity index is 840. The summed E-state index contributed by atoms with van der Waals surface area (Å²) in [5, 5.41) is 9.97. The first-order valence-electron chi connectivity index (χ1n) is 8.16. The predicted octanol–water partition coefficient (Wildman–Crippen LogP) is 3.81. The predicted molar refractivity (Wildman–Crippen MR) is 103 cm³/mol. The third-order valence-electron chi connectivity index (χ3n) is 5.03. The number of carboxylic acids is 1. The number of H-pyrrole nitrogens is 1. The quantitative estimate of drug-likeness (QED) is 0.573. The van der Waals surface area contributed by atoms with Gasteiger partial charge in [-0.3, -0.25) is 0 Å². The van der Waals surface area contributed by atoms with Crippen LogP contribution in [0.15, 0.2) is 29.9 Å². The number of fused-ring (bicyclic) bond motifs is 1. The zero-order valence-electron chi connectivity index (χ0n) is 14.8. The van der Waals surface area contributed by atoms with Crippen molar-refractivity contribution in [1.29, 1.82) is 0 Å². The first kappa shape index (κ1) is 18.1. The molecule has 3 rings (SSSR count). The fourth-order valence-electron chi connectivity index (χ4n) is 2.80. The molecule has 0 amide bonds. The van der Waals surface area contributed by atoms with E-state index >= 15 is 0 Å². The van der Waals surface area contributed by atoms with E-state index in [9.17, 15) is 9.90 Å². The van der Waals surface area contributed by atoms with Gasteiger partial charge in [0, 0.05) is 22.9 Å². The average Bonchev–Trinajstić information content (AvgIpc) is 3.02. The van der Waals surface area contributed by atoms with Crippen molar-refractivity contribution in [3.8, 4) is 0 Å². The van der Waals surface area contributed by atoms with E-state index in [1.54, 1.807) is 0 Å². The van der Waals surface area contributed by atoms with Gasteiger partial charge in [-0.15, -0.1) is 0 Å². The number of hydrogen-bond acceptors (Lipinski definition) is 4. The minimum Gasteiger partial charge on any atom is -0.478 e. The molecule has 0 saturated carbocycles. The third-order valence-corrected chi connectivity index (χ3v) is 5.39. The lowest BCUT2D eigenvalue weighted by molar-refractivity contribution is 0.00578. The number of rotatable bonds is 4. The van der Waals surface area contributed by atoms with Crippen LogP contribution < -0.4 is 0 Å². The van der Waals surface area contributed by atoms with E-state index < -0.39 is 24.3 Å². The van der Waals surface area contributed by atoms with Crippen LogP contribution in [-0.2, 0) is 9.31 Å². The number of aromatic amines is 1. The highest BCUT2D eigenvalue weighted by Gasteiger charge is 2.52. The van der Waals surface area contributed by atoms with Crippen LogP contribution in [0.1, 0.15) is 43.6 Å². The van der Waals surface area contributed by atoms with Crippen LogP contribution in [0.4, 0.5) is 0 Å². The number of hydrogen-bond donors (Lipinski definition) is 3. The maximum atomic E-state index is 11.3. The summed E-state index contributed by atoms with van der Waals surface area (Å²) in [5.41, 5.74) is 2.00.